The molecule has 3 heteroatoms. The van der Waals surface area contributed by atoms with E-state index in [0.717, 1.165) is 13.1 Å². The molecule has 0 aromatic heterocycles. The molecule has 0 aliphatic carbocycles. The summed E-state index contributed by atoms with van der Waals surface area (Å²) in [6, 6.07) is 6.60. The minimum atomic E-state index is 0.0267. The Kier molecular flexibility index (Phi) is 3.88. The zero-order chi connectivity index (χ0) is 14.2. The third kappa shape index (κ3) is 2.63. The predicted molar refractivity (Wildman–Crippen MR) is 80.8 cm³/mol. The fraction of sp³-hybridized carbons (Fsp3) is 0.625. The minimum Gasteiger partial charge on any atom is -0.394 e. The lowest BCUT2D eigenvalue weighted by Crippen LogP contribution is -2.64. The Bertz CT molecular complexity index is 456. The average Bonchev–Trinajstić information content (AvgIpc) is 2.31. The van der Waals surface area contributed by atoms with Crippen LogP contribution in [0.2, 0.25) is 0 Å². The molecule has 3 nitrogen and oxygen atoms in total. The molecule has 1 unspecified atom stereocenters. The summed E-state index contributed by atoms with van der Waals surface area (Å²) in [4.78, 5) is 4.72. The summed E-state index contributed by atoms with van der Waals surface area (Å²) in [7, 11) is 2.13. The second-order valence-electron chi connectivity index (χ2n) is 6.43. The molecule has 1 saturated heterocycles. The van der Waals surface area contributed by atoms with Crippen molar-refractivity contribution in [2.45, 2.75) is 39.3 Å². The Morgan fingerprint density at radius 1 is 1.32 bits per heavy atom. The molecule has 106 valence electrons. The quantitative estimate of drug-likeness (QED) is 0.885. The van der Waals surface area contributed by atoms with Gasteiger partial charge < -0.3 is 14.9 Å². The molecule has 0 saturated carbocycles. The maximum Gasteiger partial charge on any atom is 0.0654 e. The normalized spacial score (nSPS) is 23.7. The van der Waals surface area contributed by atoms with Crippen LogP contribution in [0.3, 0.4) is 0 Å². The van der Waals surface area contributed by atoms with E-state index in [0.29, 0.717) is 0 Å². The molecule has 1 aliphatic rings. The van der Waals surface area contributed by atoms with Gasteiger partial charge in [0.25, 0.3) is 0 Å². The van der Waals surface area contributed by atoms with Gasteiger partial charge in [-0.2, -0.15) is 0 Å². The summed E-state index contributed by atoms with van der Waals surface area (Å²) in [5, 5.41) is 9.76. The Hall–Kier alpha value is -1.06. The number of piperazine rings is 1. The maximum atomic E-state index is 9.76. The van der Waals surface area contributed by atoms with E-state index >= 15 is 0 Å². The van der Waals surface area contributed by atoms with Gasteiger partial charge in [0.05, 0.1) is 12.6 Å². The number of anilines is 1. The van der Waals surface area contributed by atoms with Gasteiger partial charge in [-0.25, -0.2) is 0 Å². The van der Waals surface area contributed by atoms with Crippen molar-refractivity contribution in [3.05, 3.63) is 29.3 Å². The monoisotopic (exact) mass is 262 g/mol. The van der Waals surface area contributed by atoms with Crippen LogP contribution in [-0.4, -0.2) is 48.3 Å². The van der Waals surface area contributed by atoms with E-state index in [2.05, 4.69) is 62.7 Å². The van der Waals surface area contributed by atoms with Crippen LogP contribution in [0.4, 0.5) is 5.69 Å². The third-order valence-electron chi connectivity index (χ3n) is 4.24. The Morgan fingerprint density at radius 2 is 2.00 bits per heavy atom. The number of aliphatic hydroxyl groups excluding tert-OH is 1. The van der Waals surface area contributed by atoms with Crippen molar-refractivity contribution < 1.29 is 5.11 Å². The molecule has 1 aromatic carbocycles. The first-order valence-electron chi connectivity index (χ1n) is 7.02. The van der Waals surface area contributed by atoms with E-state index < -0.39 is 0 Å². The highest BCUT2D eigenvalue weighted by atomic mass is 16.3. The number of hydrogen-bond acceptors (Lipinski definition) is 3. The lowest BCUT2D eigenvalue weighted by Gasteiger charge is -2.52. The van der Waals surface area contributed by atoms with Gasteiger partial charge in [0.2, 0.25) is 0 Å². The average molecular weight is 262 g/mol. The zero-order valence-electron chi connectivity index (χ0n) is 12.8. The van der Waals surface area contributed by atoms with Gasteiger partial charge >= 0.3 is 0 Å². The number of hydrogen-bond donors (Lipinski definition) is 1. The van der Waals surface area contributed by atoms with E-state index in [9.17, 15) is 5.11 Å². The van der Waals surface area contributed by atoms with Crippen molar-refractivity contribution in [2.75, 3.05) is 31.6 Å². The van der Waals surface area contributed by atoms with E-state index in [1.165, 1.54) is 16.8 Å². The number of aliphatic hydroxyl groups is 1. The molecule has 1 atom stereocenters. The van der Waals surface area contributed by atoms with Crippen LogP contribution in [0.15, 0.2) is 18.2 Å². The molecule has 0 radical (unpaired) electrons. The molecule has 1 heterocycles. The van der Waals surface area contributed by atoms with Crippen LogP contribution in [0.5, 0.6) is 0 Å². The zero-order valence-corrected chi connectivity index (χ0v) is 12.8. The van der Waals surface area contributed by atoms with E-state index in [-0.39, 0.29) is 18.2 Å². The van der Waals surface area contributed by atoms with Crippen molar-refractivity contribution in [2.24, 2.45) is 0 Å². The first-order chi connectivity index (χ1) is 8.86. The van der Waals surface area contributed by atoms with Crippen LogP contribution in [0, 0.1) is 13.8 Å². The fourth-order valence-electron chi connectivity index (χ4n) is 3.40. The molecule has 0 amide bonds. The summed E-state index contributed by atoms with van der Waals surface area (Å²) >= 11 is 0. The Labute approximate surface area is 116 Å². The molecule has 19 heavy (non-hydrogen) atoms. The van der Waals surface area contributed by atoms with E-state index in [1.807, 2.05) is 0 Å². The smallest absolute Gasteiger partial charge is 0.0654 e. The van der Waals surface area contributed by atoms with Gasteiger partial charge in [0.15, 0.2) is 0 Å². The van der Waals surface area contributed by atoms with Gasteiger partial charge in [-0.1, -0.05) is 12.1 Å². The molecule has 0 spiro atoms. The molecule has 1 fully saturated rings. The number of likely N-dealkylation sites (N-methyl/N-ethyl adjacent to an activating group) is 1. The molecule has 2 rings (SSSR count). The molecule has 1 aliphatic heterocycles. The largest absolute Gasteiger partial charge is 0.394 e. The SMILES string of the molecule is Cc1cccc(N2C(CO)CN(C)CC2(C)C)c1C. The summed E-state index contributed by atoms with van der Waals surface area (Å²) in [6.07, 6.45) is 0. The second-order valence-corrected chi connectivity index (χ2v) is 6.43. The highest BCUT2D eigenvalue weighted by Crippen LogP contribution is 2.34. The van der Waals surface area contributed by atoms with Gasteiger partial charge in [0, 0.05) is 24.3 Å². The van der Waals surface area contributed by atoms with Crippen LogP contribution >= 0.6 is 0 Å². The van der Waals surface area contributed by atoms with E-state index in [1.54, 1.807) is 0 Å². The molecular weight excluding hydrogens is 236 g/mol. The summed E-state index contributed by atoms with van der Waals surface area (Å²) in [5.41, 5.74) is 3.92. The topological polar surface area (TPSA) is 26.7 Å². The molecule has 1 aromatic rings. The van der Waals surface area contributed by atoms with Crippen LogP contribution in [-0.2, 0) is 0 Å². The lowest BCUT2D eigenvalue weighted by molar-refractivity contribution is 0.137. The first-order valence-corrected chi connectivity index (χ1v) is 7.02. The van der Waals surface area contributed by atoms with E-state index in [4.69, 9.17) is 0 Å². The minimum absolute atomic E-state index is 0.0267. The third-order valence-corrected chi connectivity index (χ3v) is 4.24. The highest BCUT2D eigenvalue weighted by Gasteiger charge is 2.39. The standard InChI is InChI=1S/C16H26N2O/c1-12-7-6-8-15(13(12)2)18-14(10-19)9-17(5)11-16(18,3)4/h6-8,14,19H,9-11H2,1-5H3. The van der Waals surface area contributed by atoms with Crippen molar-refractivity contribution >= 4 is 5.69 Å². The van der Waals surface area contributed by atoms with Gasteiger partial charge in [-0.3, -0.25) is 0 Å². The molecule has 1 N–H and O–H groups in total. The fourth-order valence-corrected chi connectivity index (χ4v) is 3.40. The van der Waals surface area contributed by atoms with Gasteiger partial charge in [-0.05, 0) is 51.9 Å². The number of aryl methyl sites for hydroxylation is 1. The van der Waals surface area contributed by atoms with Gasteiger partial charge in [0.1, 0.15) is 0 Å². The summed E-state index contributed by atoms with van der Waals surface area (Å²) in [6.45, 7) is 11.0. The summed E-state index contributed by atoms with van der Waals surface area (Å²) in [5.74, 6) is 0. The van der Waals surface area contributed by atoms with Crippen LogP contribution < -0.4 is 4.90 Å². The Balaban J connectivity index is 2.47. The highest BCUT2D eigenvalue weighted by molar-refractivity contribution is 5.59. The molecular formula is C16H26N2O. The van der Waals surface area contributed by atoms with Crippen molar-refractivity contribution in [1.29, 1.82) is 0 Å². The lowest BCUT2D eigenvalue weighted by atomic mass is 9.92. The van der Waals surface area contributed by atoms with Crippen molar-refractivity contribution in [1.82, 2.24) is 4.90 Å². The number of rotatable bonds is 2. The van der Waals surface area contributed by atoms with Crippen LogP contribution in [0.25, 0.3) is 0 Å². The summed E-state index contributed by atoms with van der Waals surface area (Å²) < 4.78 is 0. The first kappa shape index (κ1) is 14.4. The van der Waals surface area contributed by atoms with Crippen LogP contribution in [0.1, 0.15) is 25.0 Å². The maximum absolute atomic E-state index is 9.76. The second kappa shape index (κ2) is 5.14. The van der Waals surface area contributed by atoms with Crippen molar-refractivity contribution in [3.63, 3.8) is 0 Å². The number of nitrogens with zero attached hydrogens (tertiary/aromatic N) is 2. The predicted octanol–water partition coefficient (Wildman–Crippen LogP) is 2.19. The Morgan fingerprint density at radius 3 is 2.63 bits per heavy atom. The number of benzene rings is 1. The van der Waals surface area contributed by atoms with Gasteiger partial charge in [-0.15, -0.1) is 0 Å². The van der Waals surface area contributed by atoms with Crippen molar-refractivity contribution in [3.8, 4) is 0 Å². The molecule has 0 bridgehead atoms.